The quantitative estimate of drug-likeness (QED) is 0.0757. The molecular formula is C56H54ClF3N10O7S. The number of anilines is 3. The zero-order valence-electron chi connectivity index (χ0n) is 42.9. The maximum Gasteiger partial charge on any atom is 0.412 e. The Kier molecular flexibility index (Phi) is 14.8. The Morgan fingerprint density at radius 2 is 1.82 bits per heavy atom. The first-order valence-corrected chi connectivity index (χ1v) is 26.7. The van der Waals surface area contributed by atoms with E-state index in [1.807, 2.05) is 24.0 Å². The third kappa shape index (κ3) is 9.59. The van der Waals surface area contributed by atoms with Gasteiger partial charge in [-0.15, -0.1) is 24.5 Å². The maximum atomic E-state index is 16.9. The third-order valence-electron chi connectivity index (χ3n) is 15.5. The van der Waals surface area contributed by atoms with Gasteiger partial charge in [-0.3, -0.25) is 24.6 Å². The van der Waals surface area contributed by atoms with Gasteiger partial charge in [-0.25, -0.2) is 22.9 Å². The third-order valence-corrected chi connectivity index (χ3v) is 16.8. The van der Waals surface area contributed by atoms with Crippen LogP contribution in [-0.2, 0) is 32.2 Å². The summed E-state index contributed by atoms with van der Waals surface area (Å²) in [6.07, 6.45) is 4.15. The molecule has 9 heterocycles. The second-order valence-corrected chi connectivity index (χ2v) is 21.3. The van der Waals surface area contributed by atoms with Gasteiger partial charge in [-0.2, -0.15) is 15.2 Å². The molecule has 2 atom stereocenters. The standard InChI is InChI=1S/C54H50ClF3N10O7S.C2H4/c1-4-29-17-44(69)73-25-37-32(29)20-42-46-31(24-68(42)51(37)71)15-30-16-41(39(57)21-40(30)61-46)62-53(72)75-28(3)27(2)50(70)66-13-11-65(12-14-66)49-35-19-38(55)34(18-33-36(23-59)48(60)76-43(33)22-56)45(58)47(35)63-52(64-49)74-26-54-7-5-9-67(54)10-6-8-54;1-2/h15-16,18-22,28-29H,2,4-14,17,24-26,60H2,1,3H3,(H,62,72);1-2H2/b33-18+,43-22-;. The Hall–Kier alpha value is -7.80. The zero-order chi connectivity index (χ0) is 55.3. The molecule has 5 aliphatic rings. The van der Waals surface area contributed by atoms with E-state index in [2.05, 4.69) is 34.9 Å². The normalized spacial score (nSPS) is 18.3. The second kappa shape index (κ2) is 21.6. The first-order valence-electron chi connectivity index (χ1n) is 25.5. The summed E-state index contributed by atoms with van der Waals surface area (Å²) >= 11 is 7.63. The molecule has 6 aromatic rings. The number of fused-ring (bicyclic) bond motifs is 7. The van der Waals surface area contributed by atoms with Gasteiger partial charge in [-0.1, -0.05) is 25.1 Å². The highest BCUT2D eigenvalue weighted by Crippen LogP contribution is 2.41. The summed E-state index contributed by atoms with van der Waals surface area (Å²) in [7, 11) is 0. The average Bonchev–Trinajstić information content (AvgIpc) is 4.31. The number of amides is 2. The number of piperazine rings is 1. The summed E-state index contributed by atoms with van der Waals surface area (Å²) in [5.41, 5.74) is 8.32. The Labute approximate surface area is 454 Å². The van der Waals surface area contributed by atoms with Gasteiger partial charge in [-0.05, 0) is 93.9 Å². The SMILES string of the molecule is C=C.C=C(C(=O)N1CCN(c2nc(OCC34CCCN3CCC4)nc3c(F)c(/C=c4\c(C#N)c(N)s\c4=C/F)c(Cl)cc23)CC1)C(C)OC(=O)Nc1cc2cc3c(nc2cc1F)-c1cc2c(c(=O)n1C3)COC(=O)CC2CC. The second-order valence-electron chi connectivity index (χ2n) is 19.8. The van der Waals surface area contributed by atoms with E-state index in [1.165, 1.54) is 31.2 Å². The largest absolute Gasteiger partial charge is 0.461 e. The number of esters is 1. The van der Waals surface area contributed by atoms with Gasteiger partial charge < -0.3 is 34.3 Å². The molecule has 2 amide bonds. The number of nitrogen functional groups attached to an aromatic ring is 1. The number of thiophene rings is 1. The number of carbonyl (C=O) groups excluding carboxylic acids is 3. The Morgan fingerprint density at radius 1 is 1.08 bits per heavy atom. The van der Waals surface area contributed by atoms with Crippen molar-refractivity contribution in [2.75, 3.05) is 61.8 Å². The fraction of sp³-hybridized carbons (Fsp3) is 0.357. The molecule has 5 aliphatic heterocycles. The van der Waals surface area contributed by atoms with Crippen LogP contribution < -0.4 is 36.0 Å². The van der Waals surface area contributed by atoms with Crippen LogP contribution >= 0.6 is 22.9 Å². The van der Waals surface area contributed by atoms with Crippen LogP contribution in [0.1, 0.15) is 86.1 Å². The van der Waals surface area contributed by atoms with Gasteiger partial charge in [0, 0.05) is 59.4 Å². The number of benzene rings is 2. The molecule has 78 heavy (non-hydrogen) atoms. The Balaban J connectivity index is 0.00000340. The predicted octanol–water partition coefficient (Wildman–Crippen LogP) is 7.94. The van der Waals surface area contributed by atoms with Crippen LogP contribution in [-0.4, -0.2) is 105 Å². The van der Waals surface area contributed by atoms with Crippen molar-refractivity contribution in [2.45, 2.75) is 83.1 Å². The lowest BCUT2D eigenvalue weighted by atomic mass is 9.90. The molecule has 404 valence electrons. The maximum absolute atomic E-state index is 16.9. The van der Waals surface area contributed by atoms with E-state index in [9.17, 15) is 28.8 Å². The monoisotopic (exact) mass is 1100 g/mol. The summed E-state index contributed by atoms with van der Waals surface area (Å²) < 4.78 is 65.5. The van der Waals surface area contributed by atoms with Crippen molar-refractivity contribution >= 4 is 91.6 Å². The van der Waals surface area contributed by atoms with Crippen LogP contribution in [0.2, 0.25) is 5.02 Å². The highest BCUT2D eigenvalue weighted by atomic mass is 35.5. The Morgan fingerprint density at radius 3 is 2.53 bits per heavy atom. The Bertz CT molecular complexity index is 3730. The predicted molar refractivity (Wildman–Crippen MR) is 291 cm³/mol. The molecule has 2 unspecified atom stereocenters. The summed E-state index contributed by atoms with van der Waals surface area (Å²) in [6, 6.07) is 9.68. The lowest BCUT2D eigenvalue weighted by Gasteiger charge is -2.36. The van der Waals surface area contributed by atoms with Crippen molar-refractivity contribution in [3.05, 3.63) is 120 Å². The van der Waals surface area contributed by atoms with Crippen LogP contribution in [0.5, 0.6) is 6.01 Å². The summed E-state index contributed by atoms with van der Waals surface area (Å²) in [6.45, 7) is 16.4. The fourth-order valence-corrected chi connectivity index (χ4v) is 12.5. The smallest absolute Gasteiger partial charge is 0.412 e. The van der Waals surface area contributed by atoms with Crippen LogP contribution in [0.15, 0.2) is 60.4 Å². The first-order chi connectivity index (χ1) is 37.6. The van der Waals surface area contributed by atoms with Gasteiger partial charge >= 0.3 is 18.1 Å². The van der Waals surface area contributed by atoms with Gasteiger partial charge in [0.1, 0.15) is 53.9 Å². The average molecular weight is 1100 g/mol. The molecule has 3 saturated heterocycles. The van der Waals surface area contributed by atoms with Gasteiger partial charge in [0.25, 0.3) is 11.5 Å². The number of aromatic nitrogens is 4. The number of hydrogen-bond donors (Lipinski definition) is 2. The van der Waals surface area contributed by atoms with Crippen LogP contribution in [0, 0.1) is 23.0 Å². The zero-order valence-corrected chi connectivity index (χ0v) is 44.4. The number of pyridine rings is 2. The van der Waals surface area contributed by atoms with E-state index < -0.39 is 29.7 Å². The van der Waals surface area contributed by atoms with Crippen LogP contribution in [0.3, 0.4) is 0 Å². The molecule has 0 saturated carbocycles. The van der Waals surface area contributed by atoms with E-state index >= 15 is 8.78 Å². The van der Waals surface area contributed by atoms with Crippen molar-refractivity contribution in [2.24, 2.45) is 0 Å². The number of cyclic esters (lactones) is 1. The minimum Gasteiger partial charge on any atom is -0.461 e. The van der Waals surface area contributed by atoms with E-state index in [4.69, 9.17) is 41.5 Å². The molecule has 0 spiro atoms. The molecule has 4 aromatic heterocycles. The molecule has 2 aromatic carbocycles. The van der Waals surface area contributed by atoms with E-state index in [-0.39, 0.29) is 133 Å². The lowest BCUT2D eigenvalue weighted by Crippen LogP contribution is -2.50. The van der Waals surface area contributed by atoms with Crippen molar-refractivity contribution in [1.82, 2.24) is 29.3 Å². The number of halogens is 4. The summed E-state index contributed by atoms with van der Waals surface area (Å²) in [5.74, 6) is -2.37. The van der Waals surface area contributed by atoms with Crippen molar-refractivity contribution in [3.63, 3.8) is 0 Å². The van der Waals surface area contributed by atoms with Gasteiger partial charge in [0.15, 0.2) is 5.82 Å². The van der Waals surface area contributed by atoms with Crippen LogP contribution in [0.25, 0.3) is 45.6 Å². The molecule has 17 nitrogen and oxygen atoms in total. The number of carbonyl (C=O) groups is 3. The minimum atomic E-state index is -1.13. The summed E-state index contributed by atoms with van der Waals surface area (Å²) in [4.78, 5) is 73.1. The van der Waals surface area contributed by atoms with E-state index in [0.29, 0.717) is 53.1 Å². The highest BCUT2D eigenvalue weighted by Gasteiger charge is 2.45. The number of nitriles is 1. The van der Waals surface area contributed by atoms with E-state index in [0.717, 1.165) is 55.7 Å². The topological polar surface area (TPSA) is 211 Å². The molecule has 3 fully saturated rings. The number of nitrogens with zero attached hydrogens (tertiary/aromatic N) is 8. The number of ether oxygens (including phenoxy) is 3. The number of nitrogens with two attached hydrogens (primary N) is 1. The first kappa shape index (κ1) is 53.6. The van der Waals surface area contributed by atoms with Crippen molar-refractivity contribution in [3.8, 4) is 23.5 Å². The van der Waals surface area contributed by atoms with Crippen molar-refractivity contribution in [1.29, 1.82) is 5.26 Å². The molecule has 3 N–H and O–H groups in total. The van der Waals surface area contributed by atoms with E-state index in [1.54, 1.807) is 15.5 Å². The van der Waals surface area contributed by atoms with Gasteiger partial charge in [0.05, 0.1) is 67.4 Å². The molecule has 22 heteroatoms. The minimum absolute atomic E-state index is 0.0162. The molecular weight excluding hydrogens is 1050 g/mol. The number of hydrogen-bond acceptors (Lipinski definition) is 15. The fourth-order valence-electron chi connectivity index (χ4n) is 11.4. The number of rotatable bonds is 10. The molecule has 0 bridgehead atoms. The number of nitrogens with one attached hydrogen (secondary N) is 1. The highest BCUT2D eigenvalue weighted by molar-refractivity contribution is 7.14. The van der Waals surface area contributed by atoms with Crippen molar-refractivity contribution < 1.29 is 41.8 Å². The van der Waals surface area contributed by atoms with Gasteiger partial charge in [0.2, 0.25) is 0 Å². The molecule has 0 aliphatic carbocycles. The molecule has 11 rings (SSSR count). The molecule has 0 radical (unpaired) electrons. The van der Waals surface area contributed by atoms with Crippen LogP contribution in [0.4, 0.5) is 34.5 Å². The summed E-state index contributed by atoms with van der Waals surface area (Å²) in [5, 5.41) is 13.1. The lowest BCUT2D eigenvalue weighted by molar-refractivity contribution is -0.144.